The molecule has 0 atom stereocenters. The second-order valence-corrected chi connectivity index (χ2v) is 8.09. The van der Waals surface area contributed by atoms with Crippen LogP contribution in [0.25, 0.3) is 16.9 Å². The average molecular weight is 471 g/mol. The Hall–Kier alpha value is -2.84. The Bertz CT molecular complexity index is 1160. The first-order valence-electron chi connectivity index (χ1n) is 8.83. The number of aryl methyl sites for hydroxylation is 1. The molecule has 2 aromatic carbocycles. The molecule has 29 heavy (non-hydrogen) atoms. The van der Waals surface area contributed by atoms with Crippen molar-refractivity contribution < 1.29 is 9.47 Å². The van der Waals surface area contributed by atoms with E-state index in [0.29, 0.717) is 0 Å². The van der Waals surface area contributed by atoms with Gasteiger partial charge in [0, 0.05) is 33.4 Å². The minimum absolute atomic E-state index is 0.748. The van der Waals surface area contributed by atoms with Crippen LogP contribution in [0.1, 0.15) is 5.69 Å². The number of hydrogen-bond acceptors (Lipinski definition) is 6. The van der Waals surface area contributed by atoms with Crippen molar-refractivity contribution in [1.29, 1.82) is 0 Å². The van der Waals surface area contributed by atoms with Crippen LogP contribution in [0.15, 0.2) is 58.8 Å². The molecule has 1 N–H and O–H groups in total. The third kappa shape index (κ3) is 4.13. The van der Waals surface area contributed by atoms with Crippen LogP contribution in [0.3, 0.4) is 0 Å². The summed E-state index contributed by atoms with van der Waals surface area (Å²) >= 11 is 5.04. The monoisotopic (exact) mass is 470 g/mol. The van der Waals surface area contributed by atoms with Gasteiger partial charge in [0.25, 0.3) is 0 Å². The maximum Gasteiger partial charge on any atom is 0.187 e. The summed E-state index contributed by atoms with van der Waals surface area (Å²) in [6, 6.07) is 11.8. The van der Waals surface area contributed by atoms with Gasteiger partial charge in [-0.1, -0.05) is 15.9 Å². The summed E-state index contributed by atoms with van der Waals surface area (Å²) < 4.78 is 14.0. The van der Waals surface area contributed by atoms with Crippen LogP contribution in [0.4, 0.5) is 10.8 Å². The molecule has 0 aliphatic carbocycles. The summed E-state index contributed by atoms with van der Waals surface area (Å²) in [5, 5.41) is 6.15. The number of nitrogens with zero attached hydrogens (tertiary/aromatic N) is 3. The highest BCUT2D eigenvalue weighted by Gasteiger charge is 2.12. The molecule has 148 valence electrons. The molecular formula is C21H19BrN4O2S. The van der Waals surface area contributed by atoms with Gasteiger partial charge < -0.3 is 19.4 Å². The largest absolute Gasteiger partial charge is 0.496 e. The van der Waals surface area contributed by atoms with Gasteiger partial charge in [-0.25, -0.2) is 9.97 Å². The van der Waals surface area contributed by atoms with Crippen molar-refractivity contribution in [1.82, 2.24) is 14.5 Å². The van der Waals surface area contributed by atoms with Crippen molar-refractivity contribution in [3.05, 3.63) is 64.5 Å². The Morgan fingerprint density at radius 2 is 1.90 bits per heavy atom. The fourth-order valence-corrected chi connectivity index (χ4v) is 4.07. The smallest absolute Gasteiger partial charge is 0.187 e. The van der Waals surface area contributed by atoms with Crippen LogP contribution < -0.4 is 14.8 Å². The van der Waals surface area contributed by atoms with Crippen LogP contribution in [0.5, 0.6) is 11.5 Å². The predicted molar refractivity (Wildman–Crippen MR) is 120 cm³/mol. The van der Waals surface area contributed by atoms with E-state index in [4.69, 9.17) is 14.5 Å². The van der Waals surface area contributed by atoms with E-state index in [0.717, 1.165) is 49.4 Å². The molecule has 2 aromatic heterocycles. The second-order valence-electron chi connectivity index (χ2n) is 6.32. The van der Waals surface area contributed by atoms with Crippen molar-refractivity contribution in [2.24, 2.45) is 0 Å². The lowest BCUT2D eigenvalue weighted by molar-refractivity contribution is 0.413. The fraction of sp³-hybridized carbons (Fsp3) is 0.143. The van der Waals surface area contributed by atoms with Crippen LogP contribution in [0, 0.1) is 6.92 Å². The van der Waals surface area contributed by atoms with Crippen molar-refractivity contribution in [2.45, 2.75) is 6.92 Å². The summed E-state index contributed by atoms with van der Waals surface area (Å²) in [6.07, 6.45) is 3.74. The third-order valence-corrected chi connectivity index (χ3v) is 5.61. The van der Waals surface area contributed by atoms with Gasteiger partial charge in [-0.15, -0.1) is 11.3 Å². The zero-order valence-corrected chi connectivity index (χ0v) is 18.5. The average Bonchev–Trinajstić information content (AvgIpc) is 3.37. The Morgan fingerprint density at radius 1 is 1.07 bits per heavy atom. The van der Waals surface area contributed by atoms with Crippen LogP contribution >= 0.6 is 27.3 Å². The van der Waals surface area contributed by atoms with E-state index < -0.39 is 0 Å². The Labute approximate surface area is 181 Å². The highest BCUT2D eigenvalue weighted by Crippen LogP contribution is 2.35. The van der Waals surface area contributed by atoms with Gasteiger partial charge >= 0.3 is 0 Å². The van der Waals surface area contributed by atoms with E-state index in [9.17, 15) is 0 Å². The van der Waals surface area contributed by atoms with E-state index in [1.165, 1.54) is 11.3 Å². The van der Waals surface area contributed by atoms with Crippen molar-refractivity contribution in [3.63, 3.8) is 0 Å². The second kappa shape index (κ2) is 8.26. The molecule has 0 aliphatic heterocycles. The van der Waals surface area contributed by atoms with Gasteiger partial charge in [-0.2, -0.15) is 0 Å². The molecule has 0 fully saturated rings. The van der Waals surface area contributed by atoms with E-state index in [1.54, 1.807) is 20.5 Å². The fourth-order valence-electron chi connectivity index (χ4n) is 2.98. The van der Waals surface area contributed by atoms with Gasteiger partial charge in [0.1, 0.15) is 11.5 Å². The minimum Gasteiger partial charge on any atom is -0.496 e. The number of hydrogen-bond donors (Lipinski definition) is 1. The van der Waals surface area contributed by atoms with Crippen LogP contribution in [-0.4, -0.2) is 28.8 Å². The van der Waals surface area contributed by atoms with Crippen molar-refractivity contribution in [2.75, 3.05) is 19.5 Å². The number of anilines is 2. The lowest BCUT2D eigenvalue weighted by atomic mass is 10.1. The van der Waals surface area contributed by atoms with Gasteiger partial charge in [-0.05, 0) is 37.3 Å². The number of methoxy groups -OCH3 is 2. The number of benzene rings is 2. The maximum atomic E-state index is 5.58. The molecule has 6 nitrogen and oxygen atoms in total. The molecule has 4 rings (SSSR count). The Morgan fingerprint density at radius 3 is 2.62 bits per heavy atom. The number of nitrogens with one attached hydrogen (secondary N) is 1. The summed E-state index contributed by atoms with van der Waals surface area (Å²) in [7, 11) is 3.32. The standard InChI is InChI=1S/C21H19BrN4O2S/c1-13-10-26(12-23-13)18-6-5-15(9-20(18)28-3)24-21-25-17(11-29-21)16-8-14(22)4-7-19(16)27-2/h4-12H,1-3H3,(H,24,25). The van der Waals surface area contributed by atoms with Gasteiger partial charge in [0.15, 0.2) is 5.13 Å². The SMILES string of the molecule is COc1ccc(Br)cc1-c1csc(Nc2ccc(-n3cnc(C)c3)c(OC)c2)n1. The van der Waals surface area contributed by atoms with E-state index in [-0.39, 0.29) is 0 Å². The number of thiazole rings is 1. The van der Waals surface area contributed by atoms with Gasteiger partial charge in [0.05, 0.1) is 37.6 Å². The molecule has 0 amide bonds. The summed E-state index contributed by atoms with van der Waals surface area (Å²) in [4.78, 5) is 9.00. The van der Waals surface area contributed by atoms with Crippen LogP contribution in [0.2, 0.25) is 0 Å². The lowest BCUT2D eigenvalue weighted by Gasteiger charge is -2.11. The van der Waals surface area contributed by atoms with E-state index in [1.807, 2.05) is 59.5 Å². The summed E-state index contributed by atoms with van der Waals surface area (Å²) in [5.41, 5.74) is 4.57. The number of halogens is 1. The van der Waals surface area contributed by atoms with Gasteiger partial charge in [-0.3, -0.25) is 0 Å². The molecular weight excluding hydrogens is 452 g/mol. The molecule has 0 aliphatic rings. The normalized spacial score (nSPS) is 10.8. The highest BCUT2D eigenvalue weighted by molar-refractivity contribution is 9.10. The number of aromatic nitrogens is 3. The zero-order chi connectivity index (χ0) is 20.4. The molecule has 0 radical (unpaired) electrons. The summed E-state index contributed by atoms with van der Waals surface area (Å²) in [5.74, 6) is 1.53. The molecule has 0 saturated heterocycles. The van der Waals surface area contributed by atoms with Gasteiger partial charge in [0.2, 0.25) is 0 Å². The number of rotatable bonds is 6. The molecule has 2 heterocycles. The first kappa shape index (κ1) is 19.5. The van der Waals surface area contributed by atoms with E-state index in [2.05, 4.69) is 26.2 Å². The Balaban J connectivity index is 1.60. The van der Waals surface area contributed by atoms with E-state index >= 15 is 0 Å². The molecule has 0 bridgehead atoms. The van der Waals surface area contributed by atoms with Crippen molar-refractivity contribution >= 4 is 38.1 Å². The molecule has 0 saturated carbocycles. The molecule has 0 spiro atoms. The third-order valence-electron chi connectivity index (χ3n) is 4.36. The molecule has 0 unspecified atom stereocenters. The predicted octanol–water partition coefficient (Wildman–Crippen LogP) is 5.83. The maximum absolute atomic E-state index is 5.58. The quantitative estimate of drug-likeness (QED) is 0.384. The number of imidazole rings is 1. The first-order chi connectivity index (χ1) is 14.1. The van der Waals surface area contributed by atoms with Crippen molar-refractivity contribution in [3.8, 4) is 28.4 Å². The molecule has 4 aromatic rings. The topological polar surface area (TPSA) is 61.2 Å². The lowest BCUT2D eigenvalue weighted by Crippen LogP contribution is -1.97. The molecule has 8 heteroatoms. The Kier molecular flexibility index (Phi) is 5.55. The first-order valence-corrected chi connectivity index (χ1v) is 10.5. The number of ether oxygens (including phenoxy) is 2. The summed E-state index contributed by atoms with van der Waals surface area (Å²) in [6.45, 7) is 1.96. The highest BCUT2D eigenvalue weighted by atomic mass is 79.9. The zero-order valence-electron chi connectivity index (χ0n) is 16.1. The minimum atomic E-state index is 0.748. The van der Waals surface area contributed by atoms with Crippen LogP contribution in [-0.2, 0) is 0 Å².